The zero-order chi connectivity index (χ0) is 10.0. The fraction of sp³-hybridized carbons (Fsp3) is 0.917. The molecule has 0 aromatic heterocycles. The monoisotopic (exact) mass is 240 g/mol. The van der Waals surface area contributed by atoms with E-state index in [-0.39, 0.29) is 0 Å². The van der Waals surface area contributed by atoms with Crippen LogP contribution in [0.1, 0.15) is 32.1 Å². The van der Waals surface area contributed by atoms with E-state index in [4.69, 9.17) is 0 Å². The Morgan fingerprint density at radius 3 is 2.93 bits per heavy atom. The lowest BCUT2D eigenvalue weighted by Gasteiger charge is -2.58. The minimum Gasteiger partial charge on any atom is -0.299 e. The van der Waals surface area contributed by atoms with Crippen molar-refractivity contribution < 1.29 is 4.79 Å². The van der Waals surface area contributed by atoms with Gasteiger partial charge in [-0.1, -0.05) is 21.6 Å². The highest BCUT2D eigenvalue weighted by Gasteiger charge is 2.62. The van der Waals surface area contributed by atoms with Gasteiger partial charge < -0.3 is 0 Å². The van der Waals surface area contributed by atoms with E-state index < -0.39 is 0 Å². The molecule has 5 rings (SSSR count). The van der Waals surface area contributed by atoms with Crippen LogP contribution in [-0.4, -0.2) is 16.3 Å². The van der Waals surface area contributed by atoms with Gasteiger partial charge in [0.2, 0.25) is 0 Å². The van der Waals surface area contributed by atoms with Gasteiger partial charge in [0.15, 0.2) is 0 Å². The average Bonchev–Trinajstić information content (AvgIpc) is 2.71. The van der Waals surface area contributed by atoms with Crippen LogP contribution in [0.2, 0.25) is 0 Å². The van der Waals surface area contributed by atoms with Gasteiger partial charge in [0.25, 0.3) is 0 Å². The molecule has 82 valence electrons. The lowest BCUT2D eigenvalue weighted by molar-refractivity contribution is -0.143. The SMILES string of the molecule is O=C1C2CC3CC(C2)C2(CCSS2)C1C3. The topological polar surface area (TPSA) is 17.1 Å². The summed E-state index contributed by atoms with van der Waals surface area (Å²) in [5, 5.41) is 0. The van der Waals surface area contributed by atoms with E-state index >= 15 is 0 Å². The number of carbonyl (C=O) groups is 1. The Morgan fingerprint density at radius 1 is 1.20 bits per heavy atom. The number of carbonyl (C=O) groups excluding carboxylic acids is 1. The van der Waals surface area contributed by atoms with Crippen molar-refractivity contribution in [1.29, 1.82) is 0 Å². The maximum absolute atomic E-state index is 12.3. The second kappa shape index (κ2) is 2.98. The number of Topliss-reactive ketones (excluding diaryl/α,β-unsaturated/α-hetero) is 1. The van der Waals surface area contributed by atoms with Crippen LogP contribution in [-0.2, 0) is 4.79 Å². The third kappa shape index (κ3) is 1.07. The third-order valence-electron chi connectivity index (χ3n) is 5.19. The average molecular weight is 240 g/mol. The summed E-state index contributed by atoms with van der Waals surface area (Å²) >= 11 is 0. The number of rotatable bonds is 0. The Bertz CT molecular complexity index is 322. The maximum Gasteiger partial charge on any atom is 0.140 e. The molecule has 0 amide bonds. The largest absolute Gasteiger partial charge is 0.299 e. The van der Waals surface area contributed by atoms with Gasteiger partial charge in [0.1, 0.15) is 5.78 Å². The van der Waals surface area contributed by atoms with Gasteiger partial charge in [-0.15, -0.1) is 0 Å². The molecule has 4 bridgehead atoms. The first-order valence-corrected chi connectivity index (χ1v) is 8.46. The summed E-state index contributed by atoms with van der Waals surface area (Å²) in [6.07, 6.45) is 6.45. The van der Waals surface area contributed by atoms with Gasteiger partial charge in [-0.2, -0.15) is 0 Å². The van der Waals surface area contributed by atoms with Crippen molar-refractivity contribution >= 4 is 27.4 Å². The highest BCUT2D eigenvalue weighted by molar-refractivity contribution is 8.77. The first-order chi connectivity index (χ1) is 7.29. The Kier molecular flexibility index (Phi) is 1.87. The smallest absolute Gasteiger partial charge is 0.140 e. The Hall–Kier alpha value is 0.370. The third-order valence-corrected chi connectivity index (χ3v) is 8.60. The van der Waals surface area contributed by atoms with Crippen LogP contribution in [0, 0.1) is 23.7 Å². The summed E-state index contributed by atoms with van der Waals surface area (Å²) in [4.78, 5) is 12.3. The normalized spacial score (nSPS) is 56.9. The van der Waals surface area contributed by atoms with Crippen LogP contribution >= 0.6 is 21.6 Å². The molecule has 5 aliphatic rings. The Labute approximate surface area is 98.5 Å². The molecule has 5 unspecified atom stereocenters. The van der Waals surface area contributed by atoms with Crippen molar-refractivity contribution in [1.82, 2.24) is 0 Å². The molecule has 5 atom stereocenters. The molecule has 1 aliphatic heterocycles. The van der Waals surface area contributed by atoms with Gasteiger partial charge in [-0.05, 0) is 43.9 Å². The Balaban J connectivity index is 1.79. The van der Waals surface area contributed by atoms with Crippen molar-refractivity contribution in [2.45, 2.75) is 36.9 Å². The highest BCUT2D eigenvalue weighted by Crippen LogP contribution is 2.67. The molecular weight excluding hydrogens is 224 g/mol. The summed E-state index contributed by atoms with van der Waals surface area (Å²) in [6.45, 7) is 0. The van der Waals surface area contributed by atoms with Crippen LogP contribution in [0.5, 0.6) is 0 Å². The van der Waals surface area contributed by atoms with Crippen molar-refractivity contribution in [2.24, 2.45) is 23.7 Å². The summed E-state index contributed by atoms with van der Waals surface area (Å²) < 4.78 is 0.398. The van der Waals surface area contributed by atoms with E-state index in [1.165, 1.54) is 37.9 Å². The molecule has 0 N–H and O–H groups in total. The quantitative estimate of drug-likeness (QED) is 0.606. The van der Waals surface area contributed by atoms with Crippen molar-refractivity contribution in [3.05, 3.63) is 0 Å². The van der Waals surface area contributed by atoms with Crippen molar-refractivity contribution in [3.8, 4) is 0 Å². The first kappa shape index (κ1) is 9.41. The highest BCUT2D eigenvalue weighted by atomic mass is 33.1. The molecule has 1 saturated heterocycles. The van der Waals surface area contributed by atoms with Gasteiger partial charge in [0, 0.05) is 22.3 Å². The molecule has 5 fully saturated rings. The molecule has 4 saturated carbocycles. The molecule has 1 nitrogen and oxygen atoms in total. The lowest BCUT2D eigenvalue weighted by Crippen LogP contribution is -2.59. The fourth-order valence-electron chi connectivity index (χ4n) is 4.62. The van der Waals surface area contributed by atoms with E-state index in [0.717, 1.165) is 11.8 Å². The molecule has 15 heavy (non-hydrogen) atoms. The zero-order valence-corrected chi connectivity index (χ0v) is 10.4. The minimum absolute atomic E-state index is 0.398. The minimum atomic E-state index is 0.398. The van der Waals surface area contributed by atoms with Crippen LogP contribution in [0.3, 0.4) is 0 Å². The van der Waals surface area contributed by atoms with Crippen molar-refractivity contribution in [2.75, 3.05) is 5.75 Å². The lowest BCUT2D eigenvalue weighted by atomic mass is 9.50. The molecular formula is C12H16OS2. The Morgan fingerprint density at radius 2 is 2.13 bits per heavy atom. The van der Waals surface area contributed by atoms with Gasteiger partial charge in [0.05, 0.1) is 0 Å². The van der Waals surface area contributed by atoms with E-state index in [2.05, 4.69) is 10.8 Å². The second-order valence-electron chi connectivity index (χ2n) is 5.77. The maximum atomic E-state index is 12.3. The molecule has 1 heterocycles. The first-order valence-electron chi connectivity index (χ1n) is 6.14. The number of hydrogen-bond acceptors (Lipinski definition) is 3. The molecule has 1 spiro atoms. The number of ketones is 1. The van der Waals surface area contributed by atoms with Crippen LogP contribution < -0.4 is 0 Å². The molecule has 3 heteroatoms. The van der Waals surface area contributed by atoms with Crippen LogP contribution in [0.4, 0.5) is 0 Å². The van der Waals surface area contributed by atoms with Crippen LogP contribution in [0.15, 0.2) is 0 Å². The van der Waals surface area contributed by atoms with Gasteiger partial charge in [-0.25, -0.2) is 0 Å². The number of hydrogen-bond donors (Lipinski definition) is 0. The predicted octanol–water partition coefficient (Wildman–Crippen LogP) is 3.15. The van der Waals surface area contributed by atoms with E-state index in [1.807, 2.05) is 10.8 Å². The molecule has 0 aromatic carbocycles. The summed E-state index contributed by atoms with van der Waals surface area (Å²) in [7, 11) is 4.10. The summed E-state index contributed by atoms with van der Waals surface area (Å²) in [5.74, 6) is 4.65. The van der Waals surface area contributed by atoms with Crippen molar-refractivity contribution in [3.63, 3.8) is 0 Å². The fourth-order valence-corrected chi connectivity index (χ4v) is 8.48. The molecule has 0 aromatic rings. The molecule has 4 aliphatic carbocycles. The molecule has 0 radical (unpaired) electrons. The standard InChI is InChI=1S/C12H16OS2/c13-11-8-3-7-4-9(6-8)12(10(11)5-7)1-2-14-15-12/h7-10H,1-6H2. The van der Waals surface area contributed by atoms with E-state index in [1.54, 1.807) is 0 Å². The second-order valence-corrected chi connectivity index (χ2v) is 8.55. The summed E-state index contributed by atoms with van der Waals surface area (Å²) in [6, 6.07) is 0. The van der Waals surface area contributed by atoms with Crippen LogP contribution in [0.25, 0.3) is 0 Å². The van der Waals surface area contributed by atoms with E-state index in [0.29, 0.717) is 22.4 Å². The van der Waals surface area contributed by atoms with Gasteiger partial charge >= 0.3 is 0 Å². The van der Waals surface area contributed by atoms with Gasteiger partial charge in [-0.3, -0.25) is 4.79 Å². The summed E-state index contributed by atoms with van der Waals surface area (Å²) in [5.41, 5.74) is 0. The van der Waals surface area contributed by atoms with E-state index in [9.17, 15) is 4.79 Å². The zero-order valence-electron chi connectivity index (χ0n) is 8.78. The predicted molar refractivity (Wildman–Crippen MR) is 64.8 cm³/mol.